The van der Waals surface area contributed by atoms with Gasteiger partial charge in [0.15, 0.2) is 6.39 Å². The average molecular weight is 350 g/mol. The lowest BCUT2D eigenvalue weighted by molar-refractivity contribution is 0.0908. The van der Waals surface area contributed by atoms with Gasteiger partial charge >= 0.3 is 0 Å². The molecular formula is C19H18N4O3. The Morgan fingerprint density at radius 2 is 2.15 bits per heavy atom. The summed E-state index contributed by atoms with van der Waals surface area (Å²) in [7, 11) is 0. The molecule has 1 amide bonds. The summed E-state index contributed by atoms with van der Waals surface area (Å²) in [5.41, 5.74) is 3.89. The Hall–Kier alpha value is -2.96. The highest BCUT2D eigenvalue weighted by Crippen LogP contribution is 2.40. The number of aromatic nitrogens is 3. The Bertz CT molecular complexity index is 986. The lowest BCUT2D eigenvalue weighted by Gasteiger charge is -2.13. The maximum atomic E-state index is 12.4. The number of carbonyl (C=O) groups excluding carboxylic acids is 1. The Balaban J connectivity index is 1.36. The van der Waals surface area contributed by atoms with E-state index in [0.29, 0.717) is 17.4 Å². The van der Waals surface area contributed by atoms with Crippen LogP contribution < -0.4 is 5.32 Å². The van der Waals surface area contributed by atoms with Crippen LogP contribution in [-0.4, -0.2) is 21.0 Å². The number of rotatable bonds is 4. The number of oxazole rings is 1. The summed E-state index contributed by atoms with van der Waals surface area (Å²) in [6.07, 6.45) is 5.32. The van der Waals surface area contributed by atoms with Gasteiger partial charge in [-0.25, -0.2) is 4.98 Å². The van der Waals surface area contributed by atoms with E-state index in [1.807, 2.05) is 12.1 Å². The van der Waals surface area contributed by atoms with Crippen LogP contribution >= 0.6 is 0 Å². The van der Waals surface area contributed by atoms with E-state index >= 15 is 0 Å². The van der Waals surface area contributed by atoms with Gasteiger partial charge in [-0.3, -0.25) is 4.79 Å². The fraction of sp³-hybridized carbons (Fsp3) is 0.368. The van der Waals surface area contributed by atoms with E-state index in [2.05, 4.69) is 26.5 Å². The molecule has 26 heavy (non-hydrogen) atoms. The first-order valence-electron chi connectivity index (χ1n) is 8.87. The van der Waals surface area contributed by atoms with Crippen molar-refractivity contribution in [1.29, 1.82) is 0 Å². The zero-order valence-electron chi connectivity index (χ0n) is 14.4. The van der Waals surface area contributed by atoms with Crippen molar-refractivity contribution in [2.75, 3.05) is 0 Å². The van der Waals surface area contributed by atoms with Crippen LogP contribution in [0.2, 0.25) is 0 Å². The largest absolute Gasteiger partial charge is 0.438 e. The smallest absolute Gasteiger partial charge is 0.289 e. The van der Waals surface area contributed by atoms with Crippen molar-refractivity contribution < 1.29 is 13.7 Å². The minimum atomic E-state index is -0.228. The van der Waals surface area contributed by atoms with Crippen molar-refractivity contribution in [3.05, 3.63) is 53.1 Å². The van der Waals surface area contributed by atoms with E-state index in [4.69, 9.17) is 8.94 Å². The molecule has 0 radical (unpaired) electrons. The number of hydrogen-bond acceptors (Lipinski definition) is 6. The van der Waals surface area contributed by atoms with E-state index in [-0.39, 0.29) is 17.7 Å². The molecule has 2 aliphatic rings. The van der Waals surface area contributed by atoms with Crippen molar-refractivity contribution in [3.8, 4) is 11.4 Å². The Morgan fingerprint density at radius 3 is 2.92 bits per heavy atom. The summed E-state index contributed by atoms with van der Waals surface area (Å²) in [5, 5.41) is 7.15. The maximum absolute atomic E-state index is 12.4. The average Bonchev–Trinajstić information content (AvgIpc) is 3.05. The second-order valence-corrected chi connectivity index (χ2v) is 6.98. The lowest BCUT2D eigenvalue weighted by atomic mass is 10.0. The molecule has 7 heteroatoms. The monoisotopic (exact) mass is 350 g/mol. The summed E-state index contributed by atoms with van der Waals surface area (Å²) in [4.78, 5) is 20.9. The Labute approximate surface area is 149 Å². The molecule has 2 heterocycles. The third-order valence-electron chi connectivity index (χ3n) is 5.10. The quantitative estimate of drug-likeness (QED) is 0.776. The number of benzene rings is 1. The highest BCUT2D eigenvalue weighted by atomic mass is 16.5. The summed E-state index contributed by atoms with van der Waals surface area (Å²) in [6.45, 7) is 1.76. The fourth-order valence-corrected chi connectivity index (χ4v) is 3.50. The number of carbonyl (C=O) groups is 1. The first-order valence-corrected chi connectivity index (χ1v) is 8.87. The lowest BCUT2D eigenvalue weighted by Crippen LogP contribution is -2.27. The second kappa shape index (κ2) is 5.79. The molecule has 0 bridgehead atoms. The molecule has 132 valence electrons. The zero-order valence-corrected chi connectivity index (χ0v) is 14.4. The van der Waals surface area contributed by atoms with Crippen LogP contribution in [0, 0.1) is 6.92 Å². The predicted octanol–water partition coefficient (Wildman–Crippen LogP) is 3.33. The van der Waals surface area contributed by atoms with E-state index in [1.54, 1.807) is 6.92 Å². The number of nitrogens with zero attached hydrogens (tertiary/aromatic N) is 3. The van der Waals surface area contributed by atoms with Gasteiger partial charge in [-0.05, 0) is 49.8 Å². The van der Waals surface area contributed by atoms with Crippen LogP contribution in [0.15, 0.2) is 33.5 Å². The number of hydrogen-bond donors (Lipinski definition) is 1. The van der Waals surface area contributed by atoms with Gasteiger partial charge in [0.05, 0.1) is 11.7 Å². The zero-order chi connectivity index (χ0) is 17.7. The first-order chi connectivity index (χ1) is 12.7. The minimum absolute atomic E-state index is 0.0247. The van der Waals surface area contributed by atoms with Crippen LogP contribution in [0.1, 0.15) is 64.5 Å². The summed E-state index contributed by atoms with van der Waals surface area (Å²) in [5.74, 6) is 1.88. The van der Waals surface area contributed by atoms with Crippen LogP contribution in [0.5, 0.6) is 0 Å². The third-order valence-corrected chi connectivity index (χ3v) is 5.10. The van der Waals surface area contributed by atoms with E-state index in [1.165, 1.54) is 12.0 Å². The summed E-state index contributed by atoms with van der Waals surface area (Å²) in [6, 6.07) is 6.11. The maximum Gasteiger partial charge on any atom is 0.289 e. The predicted molar refractivity (Wildman–Crippen MR) is 91.5 cm³/mol. The van der Waals surface area contributed by atoms with E-state index in [9.17, 15) is 4.79 Å². The molecule has 1 N–H and O–H groups in total. The van der Waals surface area contributed by atoms with Crippen molar-refractivity contribution in [1.82, 2.24) is 20.4 Å². The molecule has 3 aromatic rings. The molecule has 1 saturated carbocycles. The Kier molecular flexibility index (Phi) is 3.41. The SMILES string of the molecule is Cc1ncoc1C(=O)NC1CCc2cc(-c3noc(C4CC4)n3)ccc21. The van der Waals surface area contributed by atoms with Crippen molar-refractivity contribution in [3.63, 3.8) is 0 Å². The van der Waals surface area contributed by atoms with Gasteiger partial charge < -0.3 is 14.3 Å². The van der Waals surface area contributed by atoms with Gasteiger partial charge in [-0.1, -0.05) is 17.3 Å². The molecule has 2 aliphatic carbocycles. The Morgan fingerprint density at radius 1 is 1.27 bits per heavy atom. The van der Waals surface area contributed by atoms with Crippen molar-refractivity contribution >= 4 is 5.91 Å². The minimum Gasteiger partial charge on any atom is -0.438 e. The number of fused-ring (bicyclic) bond motifs is 1. The normalized spacial score (nSPS) is 18.7. The van der Waals surface area contributed by atoms with Gasteiger partial charge in [-0.2, -0.15) is 4.98 Å². The van der Waals surface area contributed by atoms with Crippen molar-refractivity contribution in [2.45, 2.75) is 44.6 Å². The van der Waals surface area contributed by atoms with Gasteiger partial charge in [0.25, 0.3) is 5.91 Å². The molecule has 1 atom stereocenters. The van der Waals surface area contributed by atoms with Gasteiger partial charge in [-0.15, -0.1) is 0 Å². The molecule has 0 saturated heterocycles. The molecule has 5 rings (SSSR count). The molecule has 1 unspecified atom stereocenters. The van der Waals surface area contributed by atoms with E-state index in [0.717, 1.165) is 42.7 Å². The molecule has 2 aromatic heterocycles. The van der Waals surface area contributed by atoms with E-state index < -0.39 is 0 Å². The summed E-state index contributed by atoms with van der Waals surface area (Å²) >= 11 is 0. The van der Waals surface area contributed by atoms with Crippen LogP contribution in [-0.2, 0) is 6.42 Å². The van der Waals surface area contributed by atoms with Crippen LogP contribution in [0.25, 0.3) is 11.4 Å². The summed E-state index contributed by atoms with van der Waals surface area (Å²) < 4.78 is 10.5. The molecule has 7 nitrogen and oxygen atoms in total. The first kappa shape index (κ1) is 15.3. The van der Waals surface area contributed by atoms with Gasteiger partial charge in [0.1, 0.15) is 0 Å². The fourth-order valence-electron chi connectivity index (χ4n) is 3.50. The van der Waals surface area contributed by atoms with Crippen LogP contribution in [0.4, 0.5) is 0 Å². The topological polar surface area (TPSA) is 94.1 Å². The molecule has 0 spiro atoms. The second-order valence-electron chi connectivity index (χ2n) is 6.98. The van der Waals surface area contributed by atoms with Gasteiger partial charge in [0.2, 0.25) is 17.5 Å². The molecule has 1 fully saturated rings. The molecule has 1 aromatic carbocycles. The standard InChI is InChI=1S/C19H18N4O3/c1-10-16(25-9-20-10)18(24)21-15-7-5-12-8-13(4-6-14(12)15)17-22-19(26-23-17)11-2-3-11/h4,6,8-9,11,15H,2-3,5,7H2,1H3,(H,21,24). The number of aryl methyl sites for hydroxylation is 2. The number of amides is 1. The van der Waals surface area contributed by atoms with Crippen LogP contribution in [0.3, 0.4) is 0 Å². The van der Waals surface area contributed by atoms with Crippen molar-refractivity contribution in [2.24, 2.45) is 0 Å². The molecular weight excluding hydrogens is 332 g/mol. The highest BCUT2D eigenvalue weighted by molar-refractivity contribution is 5.92. The number of nitrogens with one attached hydrogen (secondary N) is 1. The van der Waals surface area contributed by atoms with Gasteiger partial charge in [0, 0.05) is 11.5 Å². The molecule has 0 aliphatic heterocycles. The third kappa shape index (κ3) is 2.60. The highest BCUT2D eigenvalue weighted by Gasteiger charge is 2.30.